The monoisotopic (exact) mass is 389 g/mol. The van der Waals surface area contributed by atoms with E-state index in [1.807, 2.05) is 0 Å². The lowest BCUT2D eigenvalue weighted by atomic mass is 10.2. The fraction of sp³-hybridized carbons (Fsp3) is 0.667. The normalized spacial score (nSPS) is 25.2. The van der Waals surface area contributed by atoms with Crippen LogP contribution < -0.4 is 11.1 Å². The van der Waals surface area contributed by atoms with Gasteiger partial charge in [-0.25, -0.2) is 8.42 Å². The number of carbonyl (C=O) groups excluding carboxylic acids is 1. The number of morpholine rings is 1. The van der Waals surface area contributed by atoms with Gasteiger partial charge in [-0.2, -0.15) is 4.31 Å². The minimum atomic E-state index is -3.49. The first kappa shape index (κ1) is 18.7. The number of hydrogen-bond acceptors (Lipinski definition) is 7. The van der Waals surface area contributed by atoms with E-state index in [0.29, 0.717) is 43.5 Å². The van der Waals surface area contributed by atoms with Crippen LogP contribution in [0.3, 0.4) is 0 Å². The largest absolute Gasteiger partial charge is 0.379 e. The van der Waals surface area contributed by atoms with Crippen LogP contribution in [0.4, 0.5) is 0 Å². The predicted octanol–water partition coefficient (Wildman–Crippen LogP) is -0.108. The van der Waals surface area contributed by atoms with Gasteiger partial charge in [-0.05, 0) is 25.0 Å². The maximum Gasteiger partial charge on any atom is 0.252 e. The number of nitrogens with two attached hydrogens (primary N) is 1. The Morgan fingerprint density at radius 1 is 1.32 bits per heavy atom. The molecule has 0 unspecified atom stereocenters. The minimum absolute atomic E-state index is 0.0530. The number of thiophene rings is 1. The van der Waals surface area contributed by atoms with E-state index in [-0.39, 0.29) is 18.6 Å². The molecule has 2 fully saturated rings. The van der Waals surface area contributed by atoms with Gasteiger partial charge in [0.2, 0.25) is 5.91 Å². The first-order valence-electron chi connectivity index (χ1n) is 8.30. The highest BCUT2D eigenvalue weighted by Crippen LogP contribution is 2.26. The molecule has 3 N–H and O–H groups in total. The Kier molecular flexibility index (Phi) is 6.08. The molecule has 140 valence electrons. The van der Waals surface area contributed by atoms with Gasteiger partial charge in [0.05, 0.1) is 25.9 Å². The molecular formula is C15H23N3O5S2. The van der Waals surface area contributed by atoms with Gasteiger partial charge in [-0.1, -0.05) is 0 Å². The molecule has 0 spiro atoms. The van der Waals surface area contributed by atoms with E-state index in [1.165, 1.54) is 15.6 Å². The average Bonchev–Trinajstić information content (AvgIpc) is 3.30. The minimum Gasteiger partial charge on any atom is -0.379 e. The lowest BCUT2D eigenvalue weighted by Crippen LogP contribution is -2.40. The van der Waals surface area contributed by atoms with Crippen LogP contribution in [0.15, 0.2) is 16.3 Å². The molecule has 0 saturated carbocycles. The molecule has 0 aliphatic carbocycles. The molecule has 1 aromatic heterocycles. The van der Waals surface area contributed by atoms with Crippen LogP contribution in [0.25, 0.3) is 0 Å². The Morgan fingerprint density at radius 2 is 2.08 bits per heavy atom. The van der Waals surface area contributed by atoms with Gasteiger partial charge in [0.25, 0.3) is 10.0 Å². The average molecular weight is 389 g/mol. The van der Waals surface area contributed by atoms with Crippen LogP contribution in [0.1, 0.15) is 17.7 Å². The van der Waals surface area contributed by atoms with Crippen LogP contribution in [-0.4, -0.2) is 63.7 Å². The summed E-state index contributed by atoms with van der Waals surface area (Å²) in [6.07, 6.45) is 0.928. The van der Waals surface area contributed by atoms with Gasteiger partial charge in [-0.3, -0.25) is 4.79 Å². The fourth-order valence-electron chi connectivity index (χ4n) is 2.87. The number of hydrogen-bond donors (Lipinski definition) is 2. The standard InChI is InChI=1S/C15H23N3O5S2/c16-9-11-1-3-13(23-11)15(19)17-10-12-2-4-14(24-12)25(20,21)18-5-7-22-8-6-18/h2,4,11,13H,1,3,5-10,16H2,(H,17,19)/t11-,13+/m1/s1. The van der Waals surface area contributed by atoms with E-state index in [4.69, 9.17) is 15.2 Å². The van der Waals surface area contributed by atoms with Gasteiger partial charge < -0.3 is 20.5 Å². The number of ether oxygens (including phenoxy) is 2. The van der Waals surface area contributed by atoms with Crippen molar-refractivity contribution in [3.05, 3.63) is 17.0 Å². The number of amides is 1. The Balaban J connectivity index is 1.56. The van der Waals surface area contributed by atoms with Crippen molar-refractivity contribution in [3.8, 4) is 0 Å². The molecule has 3 rings (SSSR count). The van der Waals surface area contributed by atoms with E-state index in [9.17, 15) is 13.2 Å². The lowest BCUT2D eigenvalue weighted by molar-refractivity contribution is -0.132. The second-order valence-corrected chi connectivity index (χ2v) is 9.35. The third-order valence-corrected chi connectivity index (χ3v) is 7.75. The number of nitrogens with zero attached hydrogens (tertiary/aromatic N) is 1. The maximum atomic E-state index is 12.6. The van der Waals surface area contributed by atoms with E-state index in [0.717, 1.165) is 11.3 Å². The number of sulfonamides is 1. The molecule has 2 saturated heterocycles. The van der Waals surface area contributed by atoms with E-state index >= 15 is 0 Å². The number of rotatable bonds is 6. The Labute approximate surface area is 151 Å². The Morgan fingerprint density at radius 3 is 2.76 bits per heavy atom. The van der Waals surface area contributed by atoms with Crippen LogP contribution in [0.2, 0.25) is 0 Å². The van der Waals surface area contributed by atoms with E-state index in [1.54, 1.807) is 12.1 Å². The molecule has 2 aliphatic rings. The summed E-state index contributed by atoms with van der Waals surface area (Å²) in [6.45, 7) is 2.27. The Hall–Kier alpha value is -1.04. The van der Waals surface area contributed by atoms with E-state index < -0.39 is 16.1 Å². The second kappa shape index (κ2) is 8.11. The predicted molar refractivity (Wildman–Crippen MR) is 92.7 cm³/mol. The zero-order valence-corrected chi connectivity index (χ0v) is 15.5. The summed E-state index contributed by atoms with van der Waals surface area (Å²) in [5, 5.41) is 2.81. The highest BCUT2D eigenvalue weighted by molar-refractivity contribution is 7.91. The zero-order chi connectivity index (χ0) is 17.9. The summed E-state index contributed by atoms with van der Waals surface area (Å²) in [5.41, 5.74) is 5.54. The third-order valence-electron chi connectivity index (χ3n) is 4.30. The molecule has 10 heteroatoms. The molecule has 8 nitrogen and oxygen atoms in total. The summed E-state index contributed by atoms with van der Waals surface area (Å²) >= 11 is 1.18. The topological polar surface area (TPSA) is 111 Å². The summed E-state index contributed by atoms with van der Waals surface area (Å²) in [5.74, 6) is -0.179. The molecule has 0 aromatic carbocycles. The van der Waals surface area contributed by atoms with Gasteiger partial charge in [0, 0.05) is 24.5 Å². The maximum absolute atomic E-state index is 12.6. The fourth-order valence-corrected chi connectivity index (χ4v) is 5.72. The second-order valence-electron chi connectivity index (χ2n) is 6.01. The van der Waals surface area contributed by atoms with Crippen LogP contribution in [0.5, 0.6) is 0 Å². The Bertz CT molecular complexity index is 700. The highest BCUT2D eigenvalue weighted by Gasteiger charge is 2.30. The van der Waals surface area contributed by atoms with Crippen molar-refractivity contribution in [2.45, 2.75) is 35.8 Å². The first-order valence-corrected chi connectivity index (χ1v) is 10.6. The van der Waals surface area contributed by atoms with Crippen LogP contribution in [-0.2, 0) is 30.8 Å². The van der Waals surface area contributed by atoms with Gasteiger partial charge in [0.1, 0.15) is 10.3 Å². The van der Waals surface area contributed by atoms with E-state index in [2.05, 4.69) is 5.32 Å². The molecule has 1 amide bonds. The number of carbonyl (C=O) groups is 1. The van der Waals surface area contributed by atoms with Crippen molar-refractivity contribution in [3.63, 3.8) is 0 Å². The summed E-state index contributed by atoms with van der Waals surface area (Å²) in [7, 11) is -3.49. The molecular weight excluding hydrogens is 366 g/mol. The SMILES string of the molecule is NC[C@H]1CC[C@@H](C(=O)NCc2ccc(S(=O)(=O)N3CCOCC3)s2)O1. The quantitative estimate of drug-likeness (QED) is 0.702. The van der Waals surface area contributed by atoms with Gasteiger partial charge in [-0.15, -0.1) is 11.3 Å². The molecule has 0 radical (unpaired) electrons. The molecule has 2 aliphatic heterocycles. The van der Waals surface area contributed by atoms with Crippen LogP contribution >= 0.6 is 11.3 Å². The lowest BCUT2D eigenvalue weighted by Gasteiger charge is -2.25. The van der Waals surface area contributed by atoms with Crippen molar-refractivity contribution < 1.29 is 22.7 Å². The third kappa shape index (κ3) is 4.39. The number of nitrogens with one attached hydrogen (secondary N) is 1. The van der Waals surface area contributed by atoms with Crippen molar-refractivity contribution in [2.75, 3.05) is 32.8 Å². The molecule has 2 atom stereocenters. The van der Waals surface area contributed by atoms with Gasteiger partial charge >= 0.3 is 0 Å². The molecule has 25 heavy (non-hydrogen) atoms. The van der Waals surface area contributed by atoms with Crippen LogP contribution in [0, 0.1) is 0 Å². The highest BCUT2D eigenvalue weighted by atomic mass is 32.2. The summed E-state index contributed by atoms with van der Waals surface area (Å²) in [4.78, 5) is 12.9. The van der Waals surface area contributed by atoms with Crippen molar-refractivity contribution in [1.82, 2.24) is 9.62 Å². The van der Waals surface area contributed by atoms with Crippen molar-refractivity contribution >= 4 is 27.3 Å². The molecule has 1 aromatic rings. The summed E-state index contributed by atoms with van der Waals surface area (Å²) in [6, 6.07) is 3.32. The molecule has 0 bridgehead atoms. The summed E-state index contributed by atoms with van der Waals surface area (Å²) < 4.78 is 37.6. The molecule has 3 heterocycles. The van der Waals surface area contributed by atoms with Crippen molar-refractivity contribution in [2.24, 2.45) is 5.73 Å². The first-order chi connectivity index (χ1) is 12.0. The van der Waals surface area contributed by atoms with Crippen molar-refractivity contribution in [1.29, 1.82) is 0 Å². The van der Waals surface area contributed by atoms with Gasteiger partial charge in [0.15, 0.2) is 0 Å². The zero-order valence-electron chi connectivity index (χ0n) is 13.8. The smallest absolute Gasteiger partial charge is 0.252 e.